The average molecular weight is 530 g/mol. The fourth-order valence-corrected chi connectivity index (χ4v) is 4.65. The molecule has 39 heavy (non-hydrogen) atoms. The van der Waals surface area contributed by atoms with Crippen LogP contribution < -0.4 is 21.5 Å². The summed E-state index contributed by atoms with van der Waals surface area (Å²) in [5.74, 6) is 1.51. The predicted octanol–water partition coefficient (Wildman–Crippen LogP) is 2.84. The van der Waals surface area contributed by atoms with Gasteiger partial charge in [-0.15, -0.1) is 0 Å². The summed E-state index contributed by atoms with van der Waals surface area (Å²) in [4.78, 5) is 40.3. The first-order chi connectivity index (χ1) is 18.8. The maximum absolute atomic E-state index is 13.0. The molecule has 2 aliphatic heterocycles. The van der Waals surface area contributed by atoms with Crippen LogP contribution in [0.25, 0.3) is 0 Å². The first-order valence-electron chi connectivity index (χ1n) is 12.8. The topological polar surface area (TPSA) is 158 Å². The van der Waals surface area contributed by atoms with Gasteiger partial charge in [-0.1, -0.05) is 6.07 Å². The van der Waals surface area contributed by atoms with Crippen molar-refractivity contribution in [1.29, 1.82) is 0 Å². The number of aromatic nitrogens is 2. The van der Waals surface area contributed by atoms with Crippen molar-refractivity contribution in [1.82, 2.24) is 14.9 Å². The van der Waals surface area contributed by atoms with Crippen molar-refractivity contribution in [3.63, 3.8) is 0 Å². The molecule has 5 N–H and O–H groups in total. The minimum absolute atomic E-state index is 0.0919. The Hall–Kier alpha value is -4.51. The predicted molar refractivity (Wildman–Crippen MR) is 147 cm³/mol. The van der Waals surface area contributed by atoms with Crippen LogP contribution in [0.3, 0.4) is 0 Å². The number of amidine groups is 1. The molecule has 2 aromatic heterocycles. The highest BCUT2D eigenvalue weighted by Gasteiger charge is 2.44. The number of hydrogen-bond donors (Lipinski definition) is 3. The van der Waals surface area contributed by atoms with Crippen LogP contribution in [0.15, 0.2) is 65.9 Å². The minimum Gasteiger partial charge on any atom is -0.456 e. The zero-order valence-corrected chi connectivity index (χ0v) is 21.7. The number of aliphatic imine (C=N–C) groups is 1. The molecule has 2 fully saturated rings. The summed E-state index contributed by atoms with van der Waals surface area (Å²) in [6.45, 7) is 4.00. The van der Waals surface area contributed by atoms with E-state index in [4.69, 9.17) is 25.9 Å². The van der Waals surface area contributed by atoms with E-state index in [9.17, 15) is 9.59 Å². The Kier molecular flexibility index (Phi) is 7.42. The number of carbonyl (C=O) groups excluding carboxylic acids is 2. The second-order valence-electron chi connectivity index (χ2n) is 9.98. The number of ether oxygens (including phenoxy) is 2. The number of amides is 2. The van der Waals surface area contributed by atoms with E-state index in [1.54, 1.807) is 54.7 Å². The van der Waals surface area contributed by atoms with Crippen molar-refractivity contribution in [2.24, 2.45) is 16.1 Å². The van der Waals surface area contributed by atoms with Gasteiger partial charge in [-0.25, -0.2) is 9.97 Å². The minimum atomic E-state index is -0.458. The highest BCUT2D eigenvalue weighted by atomic mass is 16.5. The van der Waals surface area contributed by atoms with E-state index in [1.165, 1.54) is 6.20 Å². The summed E-state index contributed by atoms with van der Waals surface area (Å²) in [5.41, 5.74) is 13.0. The zero-order valence-electron chi connectivity index (χ0n) is 21.7. The van der Waals surface area contributed by atoms with E-state index in [0.29, 0.717) is 54.7 Å². The average Bonchev–Trinajstić information content (AvgIpc) is 2.92. The zero-order chi connectivity index (χ0) is 27.4. The fourth-order valence-electron chi connectivity index (χ4n) is 4.65. The number of rotatable bonds is 7. The van der Waals surface area contributed by atoms with Crippen LogP contribution in [0.5, 0.6) is 11.5 Å². The molecular formula is C28H31N7O4. The maximum atomic E-state index is 13.0. The lowest BCUT2D eigenvalue weighted by molar-refractivity contribution is -0.169. The molecule has 0 aliphatic carbocycles. The molecule has 11 nitrogen and oxygen atoms in total. The Morgan fingerprint density at radius 1 is 1.13 bits per heavy atom. The number of anilines is 2. The molecule has 2 aliphatic rings. The lowest BCUT2D eigenvalue weighted by Crippen LogP contribution is -2.56. The molecule has 1 unspecified atom stereocenters. The first-order valence-corrected chi connectivity index (χ1v) is 12.8. The van der Waals surface area contributed by atoms with Gasteiger partial charge in [0.15, 0.2) is 0 Å². The van der Waals surface area contributed by atoms with Gasteiger partial charge in [-0.3, -0.25) is 14.6 Å². The first kappa shape index (κ1) is 26.1. The van der Waals surface area contributed by atoms with Gasteiger partial charge in [0.25, 0.3) is 5.91 Å². The largest absolute Gasteiger partial charge is 0.456 e. The Labute approximate surface area is 226 Å². The number of carbonyl (C=O) groups is 2. The van der Waals surface area contributed by atoms with Crippen LogP contribution in [-0.4, -0.2) is 64.9 Å². The lowest BCUT2D eigenvalue weighted by atomic mass is 9.86. The second kappa shape index (κ2) is 11.1. The SMILES string of the molecule is CC1(C(=O)N2CCCC(N=C(N)c3c(Oc4ccc(C(=O)Nc5ccccn5)cc4)ccnc3N)C2)COC1. The van der Waals surface area contributed by atoms with E-state index in [1.807, 2.05) is 11.8 Å². The molecule has 3 aromatic rings. The molecule has 202 valence electrons. The number of piperidine rings is 1. The van der Waals surface area contributed by atoms with Gasteiger partial charge in [-0.05, 0) is 56.2 Å². The van der Waals surface area contributed by atoms with Crippen molar-refractivity contribution in [2.75, 3.05) is 37.4 Å². The molecule has 0 saturated carbocycles. The summed E-state index contributed by atoms with van der Waals surface area (Å²) in [7, 11) is 0. The molecule has 1 atom stereocenters. The van der Waals surface area contributed by atoms with Gasteiger partial charge in [-0.2, -0.15) is 0 Å². The van der Waals surface area contributed by atoms with Crippen molar-refractivity contribution in [2.45, 2.75) is 25.8 Å². The summed E-state index contributed by atoms with van der Waals surface area (Å²) < 4.78 is 11.3. The highest BCUT2D eigenvalue weighted by Crippen LogP contribution is 2.31. The molecule has 5 rings (SSSR count). The summed E-state index contributed by atoms with van der Waals surface area (Å²) >= 11 is 0. The number of hydrogen-bond acceptors (Lipinski definition) is 8. The molecule has 0 spiro atoms. The third-order valence-corrected chi connectivity index (χ3v) is 6.81. The number of benzene rings is 1. The number of nitrogens with two attached hydrogens (primary N) is 2. The Bertz CT molecular complexity index is 1370. The number of likely N-dealkylation sites (tertiary alicyclic amines) is 1. The molecule has 2 amide bonds. The van der Waals surface area contributed by atoms with Gasteiger partial charge in [0.2, 0.25) is 5.91 Å². The van der Waals surface area contributed by atoms with Crippen LogP contribution >= 0.6 is 0 Å². The molecule has 1 aromatic carbocycles. The number of pyridine rings is 2. The van der Waals surface area contributed by atoms with Gasteiger partial charge >= 0.3 is 0 Å². The van der Waals surface area contributed by atoms with Crippen LogP contribution in [0.2, 0.25) is 0 Å². The Morgan fingerprint density at radius 3 is 2.62 bits per heavy atom. The van der Waals surface area contributed by atoms with Crippen LogP contribution in [0, 0.1) is 5.41 Å². The normalized spacial score (nSPS) is 18.6. The molecular weight excluding hydrogens is 498 g/mol. The third kappa shape index (κ3) is 5.83. The van der Waals surface area contributed by atoms with Gasteiger partial charge in [0, 0.05) is 37.1 Å². The molecule has 0 radical (unpaired) electrons. The highest BCUT2D eigenvalue weighted by molar-refractivity contribution is 6.04. The third-order valence-electron chi connectivity index (χ3n) is 6.81. The second-order valence-corrected chi connectivity index (χ2v) is 9.98. The fraction of sp³-hybridized carbons (Fsp3) is 0.321. The Morgan fingerprint density at radius 2 is 1.92 bits per heavy atom. The number of nitrogen functional groups attached to an aromatic ring is 1. The smallest absolute Gasteiger partial charge is 0.256 e. The molecule has 2 saturated heterocycles. The van der Waals surface area contributed by atoms with Gasteiger partial charge < -0.3 is 31.2 Å². The van der Waals surface area contributed by atoms with Crippen molar-refractivity contribution in [3.05, 3.63) is 72.1 Å². The summed E-state index contributed by atoms with van der Waals surface area (Å²) in [6.07, 6.45) is 4.76. The molecule has 0 bridgehead atoms. The standard InChI is InChI=1S/C28H31N7O4/c1-28(16-38-17-28)27(37)35-14-4-5-19(15-35)33-25(30)23-21(11-13-32-24(23)29)39-20-9-7-18(8-10-20)26(36)34-22-6-2-3-12-31-22/h2-3,6-13,19H,4-5,14-17H2,1H3,(H2,29,32)(H2,30,33)(H,31,34,36). The quantitative estimate of drug-likeness (QED) is 0.311. The van der Waals surface area contributed by atoms with Gasteiger partial charge in [0.05, 0.1) is 24.7 Å². The van der Waals surface area contributed by atoms with E-state index in [-0.39, 0.29) is 29.5 Å². The van der Waals surface area contributed by atoms with Gasteiger partial charge in [0.1, 0.15) is 34.5 Å². The number of nitrogens with zero attached hydrogens (tertiary/aromatic N) is 4. The summed E-state index contributed by atoms with van der Waals surface area (Å²) in [6, 6.07) is 13.4. The van der Waals surface area contributed by atoms with E-state index in [0.717, 1.165) is 12.8 Å². The monoisotopic (exact) mass is 529 g/mol. The van der Waals surface area contributed by atoms with Crippen LogP contribution in [-0.2, 0) is 9.53 Å². The molecule has 11 heteroatoms. The van der Waals surface area contributed by atoms with E-state index < -0.39 is 5.41 Å². The Balaban J connectivity index is 1.29. The molecule has 4 heterocycles. The van der Waals surface area contributed by atoms with Crippen molar-refractivity contribution < 1.29 is 19.1 Å². The van der Waals surface area contributed by atoms with Crippen molar-refractivity contribution in [3.8, 4) is 11.5 Å². The van der Waals surface area contributed by atoms with E-state index >= 15 is 0 Å². The van der Waals surface area contributed by atoms with E-state index in [2.05, 4.69) is 15.3 Å². The van der Waals surface area contributed by atoms with Crippen LogP contribution in [0.1, 0.15) is 35.7 Å². The van der Waals surface area contributed by atoms with Crippen LogP contribution in [0.4, 0.5) is 11.6 Å². The summed E-state index contributed by atoms with van der Waals surface area (Å²) in [5, 5.41) is 2.74. The maximum Gasteiger partial charge on any atom is 0.256 e. The number of nitrogens with one attached hydrogen (secondary N) is 1. The van der Waals surface area contributed by atoms with Crippen molar-refractivity contribution >= 4 is 29.3 Å². The lowest BCUT2D eigenvalue weighted by Gasteiger charge is -2.42.